The molecule has 5 nitrogen and oxygen atoms in total. The van der Waals surface area contributed by atoms with Crippen LogP contribution < -0.4 is 5.32 Å². The molecule has 0 aromatic carbocycles. The van der Waals surface area contributed by atoms with Crippen molar-refractivity contribution in [2.45, 2.75) is 13.0 Å². The van der Waals surface area contributed by atoms with Crippen LogP contribution in [0.1, 0.15) is 11.3 Å². The molecule has 0 unspecified atom stereocenters. The van der Waals surface area contributed by atoms with Gasteiger partial charge in [-0.05, 0) is 0 Å². The molecule has 1 aliphatic rings. The minimum absolute atomic E-state index is 0.123. The van der Waals surface area contributed by atoms with Crippen LogP contribution in [-0.2, 0) is 11.3 Å². The van der Waals surface area contributed by atoms with Gasteiger partial charge in [0.05, 0.1) is 12.1 Å². The molecule has 74 valence electrons. The number of hydrogen-bond acceptors (Lipinski definition) is 4. The van der Waals surface area contributed by atoms with Gasteiger partial charge in [0.2, 0.25) is 5.91 Å². The number of urea groups is 1. The summed E-state index contributed by atoms with van der Waals surface area (Å²) < 4.78 is 0. The number of carbonyl (C=O) groups excluding carboxylic acids is 2. The Morgan fingerprint density at radius 3 is 3.07 bits per heavy atom. The minimum Gasteiger partial charge on any atom is -0.337 e. The highest BCUT2D eigenvalue weighted by molar-refractivity contribution is 7.09. The average molecular weight is 211 g/mol. The molecule has 0 bridgehead atoms. The smallest absolute Gasteiger partial charge is 0.324 e. The zero-order chi connectivity index (χ0) is 9.97. The SMILES string of the molecule is O=C1CCNC(=O)N1Cc1cncs1. The topological polar surface area (TPSA) is 62.3 Å². The first kappa shape index (κ1) is 9.14. The highest BCUT2D eigenvalue weighted by Gasteiger charge is 2.25. The van der Waals surface area contributed by atoms with Crippen LogP contribution in [0.3, 0.4) is 0 Å². The van der Waals surface area contributed by atoms with E-state index in [0.717, 1.165) is 4.88 Å². The van der Waals surface area contributed by atoms with Gasteiger partial charge in [0, 0.05) is 24.0 Å². The lowest BCUT2D eigenvalue weighted by Crippen LogP contribution is -2.49. The Labute approximate surface area is 84.7 Å². The molecule has 1 aliphatic heterocycles. The zero-order valence-corrected chi connectivity index (χ0v) is 8.21. The van der Waals surface area contributed by atoms with E-state index < -0.39 is 0 Å². The summed E-state index contributed by atoms with van der Waals surface area (Å²) in [5.41, 5.74) is 1.68. The van der Waals surface area contributed by atoms with Crippen molar-refractivity contribution in [3.05, 3.63) is 16.6 Å². The molecule has 1 fully saturated rings. The van der Waals surface area contributed by atoms with Crippen LogP contribution in [0, 0.1) is 0 Å². The number of thiazole rings is 1. The third kappa shape index (κ3) is 1.74. The second-order valence-corrected chi connectivity index (χ2v) is 3.90. The van der Waals surface area contributed by atoms with E-state index in [2.05, 4.69) is 10.3 Å². The molecule has 0 atom stereocenters. The standard InChI is InChI=1S/C8H9N3O2S/c12-7-1-2-10-8(13)11(7)4-6-3-9-5-14-6/h3,5H,1-2,4H2,(H,10,13). The predicted octanol–water partition coefficient (Wildman–Crippen LogP) is 0.585. The van der Waals surface area contributed by atoms with Gasteiger partial charge < -0.3 is 5.32 Å². The van der Waals surface area contributed by atoms with Crippen molar-refractivity contribution in [1.29, 1.82) is 0 Å². The van der Waals surface area contributed by atoms with Gasteiger partial charge in [-0.1, -0.05) is 0 Å². The normalized spacial score (nSPS) is 17.0. The minimum atomic E-state index is -0.311. The van der Waals surface area contributed by atoms with Gasteiger partial charge in [-0.15, -0.1) is 11.3 Å². The molecular weight excluding hydrogens is 202 g/mol. The lowest BCUT2D eigenvalue weighted by Gasteiger charge is -2.24. The zero-order valence-electron chi connectivity index (χ0n) is 7.40. The first-order valence-corrected chi connectivity index (χ1v) is 5.11. The molecule has 0 saturated carbocycles. The molecule has 1 aromatic heterocycles. The molecule has 0 radical (unpaired) electrons. The monoisotopic (exact) mass is 211 g/mol. The van der Waals surface area contributed by atoms with Crippen LogP contribution in [0.4, 0.5) is 4.79 Å². The summed E-state index contributed by atoms with van der Waals surface area (Å²) in [4.78, 5) is 28.7. The molecule has 0 aliphatic carbocycles. The maximum Gasteiger partial charge on any atom is 0.324 e. The van der Waals surface area contributed by atoms with Gasteiger partial charge in [-0.25, -0.2) is 4.79 Å². The summed E-state index contributed by atoms with van der Waals surface area (Å²) in [6.07, 6.45) is 2.05. The molecule has 2 heterocycles. The van der Waals surface area contributed by atoms with E-state index in [1.165, 1.54) is 16.2 Å². The maximum absolute atomic E-state index is 11.4. The van der Waals surface area contributed by atoms with Crippen molar-refractivity contribution in [2.75, 3.05) is 6.54 Å². The Kier molecular flexibility index (Phi) is 2.45. The van der Waals surface area contributed by atoms with E-state index in [9.17, 15) is 9.59 Å². The summed E-state index contributed by atoms with van der Waals surface area (Å²) in [5.74, 6) is -0.123. The number of amides is 3. The quantitative estimate of drug-likeness (QED) is 0.778. The van der Waals surface area contributed by atoms with Gasteiger partial charge in [0.15, 0.2) is 0 Å². The Bertz CT molecular complexity index is 333. The summed E-state index contributed by atoms with van der Waals surface area (Å²) in [7, 11) is 0. The van der Waals surface area contributed by atoms with E-state index >= 15 is 0 Å². The number of nitrogens with one attached hydrogen (secondary N) is 1. The number of carbonyl (C=O) groups is 2. The van der Waals surface area contributed by atoms with Crippen molar-refractivity contribution in [3.8, 4) is 0 Å². The van der Waals surface area contributed by atoms with E-state index in [1.807, 2.05) is 0 Å². The number of aromatic nitrogens is 1. The molecule has 6 heteroatoms. The Hall–Kier alpha value is -1.43. The van der Waals surface area contributed by atoms with Gasteiger partial charge in [-0.2, -0.15) is 0 Å². The van der Waals surface area contributed by atoms with Crippen LogP contribution in [0.25, 0.3) is 0 Å². The third-order valence-electron chi connectivity index (χ3n) is 1.96. The molecule has 0 spiro atoms. The fourth-order valence-electron chi connectivity index (χ4n) is 1.26. The van der Waals surface area contributed by atoms with Crippen molar-refractivity contribution in [3.63, 3.8) is 0 Å². The fourth-order valence-corrected chi connectivity index (χ4v) is 1.84. The summed E-state index contributed by atoms with van der Waals surface area (Å²) in [6, 6.07) is -0.311. The van der Waals surface area contributed by atoms with E-state index in [1.54, 1.807) is 11.7 Å². The van der Waals surface area contributed by atoms with E-state index in [4.69, 9.17) is 0 Å². The highest BCUT2D eigenvalue weighted by atomic mass is 32.1. The van der Waals surface area contributed by atoms with Crippen molar-refractivity contribution >= 4 is 23.3 Å². The molecule has 14 heavy (non-hydrogen) atoms. The van der Waals surface area contributed by atoms with Crippen molar-refractivity contribution in [1.82, 2.24) is 15.2 Å². The second kappa shape index (κ2) is 3.75. The lowest BCUT2D eigenvalue weighted by molar-refractivity contribution is -0.129. The van der Waals surface area contributed by atoms with Crippen LogP contribution in [0.2, 0.25) is 0 Å². The third-order valence-corrected chi connectivity index (χ3v) is 2.72. The molecule has 3 amide bonds. The summed E-state index contributed by atoms with van der Waals surface area (Å²) in [5, 5.41) is 2.63. The van der Waals surface area contributed by atoms with Crippen LogP contribution >= 0.6 is 11.3 Å². The lowest BCUT2D eigenvalue weighted by atomic mass is 10.3. The summed E-state index contributed by atoms with van der Waals surface area (Å²) >= 11 is 1.44. The Balaban J connectivity index is 2.08. The molecule has 1 N–H and O–H groups in total. The maximum atomic E-state index is 11.4. The van der Waals surface area contributed by atoms with Gasteiger partial charge in [0.1, 0.15) is 0 Å². The van der Waals surface area contributed by atoms with Crippen LogP contribution in [0.5, 0.6) is 0 Å². The number of nitrogens with zero attached hydrogens (tertiary/aromatic N) is 2. The summed E-state index contributed by atoms with van der Waals surface area (Å²) in [6.45, 7) is 0.770. The van der Waals surface area contributed by atoms with Crippen molar-refractivity contribution < 1.29 is 9.59 Å². The highest BCUT2D eigenvalue weighted by Crippen LogP contribution is 2.12. The molecule has 1 aromatic rings. The first-order valence-electron chi connectivity index (χ1n) is 4.23. The average Bonchev–Trinajstić information content (AvgIpc) is 2.64. The first-order chi connectivity index (χ1) is 6.77. The number of hydrogen-bond donors (Lipinski definition) is 1. The molecular formula is C8H9N3O2S. The Morgan fingerprint density at radius 2 is 2.43 bits per heavy atom. The van der Waals surface area contributed by atoms with Crippen LogP contribution in [0.15, 0.2) is 11.7 Å². The largest absolute Gasteiger partial charge is 0.337 e. The van der Waals surface area contributed by atoms with Crippen molar-refractivity contribution in [2.24, 2.45) is 0 Å². The van der Waals surface area contributed by atoms with Gasteiger partial charge in [-0.3, -0.25) is 14.7 Å². The molecule has 1 saturated heterocycles. The number of rotatable bonds is 2. The Morgan fingerprint density at radius 1 is 1.57 bits per heavy atom. The van der Waals surface area contributed by atoms with Crippen LogP contribution in [-0.4, -0.2) is 28.4 Å². The van der Waals surface area contributed by atoms with Gasteiger partial charge in [0.25, 0.3) is 0 Å². The predicted molar refractivity (Wildman–Crippen MR) is 50.7 cm³/mol. The molecule has 2 rings (SSSR count). The van der Waals surface area contributed by atoms with E-state index in [-0.39, 0.29) is 11.9 Å². The number of imide groups is 1. The second-order valence-electron chi connectivity index (χ2n) is 2.93. The van der Waals surface area contributed by atoms with E-state index in [0.29, 0.717) is 19.5 Å². The fraction of sp³-hybridized carbons (Fsp3) is 0.375. The van der Waals surface area contributed by atoms with Gasteiger partial charge >= 0.3 is 6.03 Å².